The number of anilines is 1. The smallest absolute Gasteiger partial charge is 0.423 e. The zero-order valence-electron chi connectivity index (χ0n) is 18.7. The van der Waals surface area contributed by atoms with Gasteiger partial charge in [0.2, 0.25) is 0 Å². The molecule has 12 heteroatoms. The summed E-state index contributed by atoms with van der Waals surface area (Å²) in [6, 6.07) is 0.311. The van der Waals surface area contributed by atoms with Gasteiger partial charge in [0.05, 0.1) is 38.6 Å². The number of hydrogen-bond donors (Lipinski definition) is 1. The Labute approximate surface area is 181 Å². The number of aromatic nitrogens is 2. The molecule has 0 spiro atoms. The number of ether oxygens (including phenoxy) is 3. The van der Waals surface area contributed by atoms with E-state index in [1.165, 1.54) is 7.11 Å². The molecular weight excluding hydrogens is 435 g/mol. The van der Waals surface area contributed by atoms with Crippen LogP contribution >= 0.6 is 0 Å². The predicted octanol–water partition coefficient (Wildman–Crippen LogP) is 3.34. The highest BCUT2D eigenvalue weighted by Gasteiger charge is 2.38. The van der Waals surface area contributed by atoms with E-state index in [4.69, 9.17) is 9.47 Å². The third kappa shape index (κ3) is 9.83. The monoisotopic (exact) mass is 467 g/mol. The van der Waals surface area contributed by atoms with Gasteiger partial charge in [-0.25, -0.2) is 4.68 Å². The summed E-state index contributed by atoms with van der Waals surface area (Å²) in [5, 5.41) is 6.52. The highest BCUT2D eigenvalue weighted by atomic mass is 28.3. The van der Waals surface area contributed by atoms with Crippen LogP contribution in [-0.2, 0) is 31.9 Å². The van der Waals surface area contributed by atoms with Gasteiger partial charge in [0.25, 0.3) is 5.56 Å². The van der Waals surface area contributed by atoms with Gasteiger partial charge in [-0.05, 0) is 12.5 Å². The number of alkyl halides is 3. The Kier molecular flexibility index (Phi) is 10.7. The molecule has 1 aromatic rings. The average molecular weight is 468 g/mol. The summed E-state index contributed by atoms with van der Waals surface area (Å²) in [7, 11) is -0.110. The summed E-state index contributed by atoms with van der Waals surface area (Å²) in [6.45, 7) is 8.33. The van der Waals surface area contributed by atoms with Crippen molar-refractivity contribution < 1.29 is 32.2 Å². The van der Waals surface area contributed by atoms with Crippen molar-refractivity contribution in [2.24, 2.45) is 0 Å². The molecule has 0 radical (unpaired) electrons. The van der Waals surface area contributed by atoms with Crippen molar-refractivity contribution >= 4 is 19.7 Å². The SMILES string of the molecule is CCC(COCCC(=O)OC)Nc1cnn(COCC[Si](C)(C)C)c(=O)c1C(F)(F)F. The molecule has 0 saturated heterocycles. The van der Waals surface area contributed by atoms with Gasteiger partial charge in [0.1, 0.15) is 12.3 Å². The molecule has 0 bridgehead atoms. The highest BCUT2D eigenvalue weighted by molar-refractivity contribution is 6.76. The second kappa shape index (κ2) is 12.2. The molecule has 0 aliphatic heterocycles. The largest absolute Gasteiger partial charge is 0.469 e. The molecule has 31 heavy (non-hydrogen) atoms. The van der Waals surface area contributed by atoms with Crippen LogP contribution in [0.25, 0.3) is 0 Å². The van der Waals surface area contributed by atoms with Crippen LogP contribution in [0.2, 0.25) is 25.7 Å². The first-order valence-electron chi connectivity index (χ1n) is 10.0. The molecule has 1 aromatic heterocycles. The number of nitrogens with zero attached hydrogens (tertiary/aromatic N) is 2. The van der Waals surface area contributed by atoms with Crippen LogP contribution in [0.4, 0.5) is 18.9 Å². The summed E-state index contributed by atoms with van der Waals surface area (Å²) in [5.74, 6) is -0.444. The number of rotatable bonds is 13. The van der Waals surface area contributed by atoms with E-state index in [1.807, 2.05) is 0 Å². The number of nitrogens with one attached hydrogen (secondary N) is 1. The van der Waals surface area contributed by atoms with Gasteiger partial charge in [-0.3, -0.25) is 9.59 Å². The van der Waals surface area contributed by atoms with Crippen LogP contribution in [0.5, 0.6) is 0 Å². The standard InChI is InChI=1S/C19H32F3N3O5Si/c1-6-14(12-29-8-7-16(26)28-2)24-15-11-23-25(13-30-9-10-31(3,4)5)18(27)17(15)19(20,21)22/h11,14,24H,6-10,12-13H2,1-5H3. The van der Waals surface area contributed by atoms with Crippen LogP contribution in [0.3, 0.4) is 0 Å². The van der Waals surface area contributed by atoms with Gasteiger partial charge in [-0.15, -0.1) is 0 Å². The molecule has 1 rings (SSSR count). The number of carbonyl (C=O) groups excluding carboxylic acids is 1. The second-order valence-corrected chi connectivity index (χ2v) is 13.9. The minimum absolute atomic E-state index is 0.0377. The summed E-state index contributed by atoms with van der Waals surface area (Å²) in [5.41, 5.74) is -3.02. The molecule has 0 aliphatic rings. The molecule has 0 saturated carbocycles. The molecule has 1 atom stereocenters. The molecule has 1 N–H and O–H groups in total. The van der Waals surface area contributed by atoms with Crippen molar-refractivity contribution in [2.75, 3.05) is 32.2 Å². The van der Waals surface area contributed by atoms with Crippen molar-refractivity contribution in [1.82, 2.24) is 9.78 Å². The topological polar surface area (TPSA) is 91.7 Å². The van der Waals surface area contributed by atoms with Crippen LogP contribution in [0.15, 0.2) is 11.0 Å². The van der Waals surface area contributed by atoms with E-state index >= 15 is 0 Å². The lowest BCUT2D eigenvalue weighted by Crippen LogP contribution is -2.35. The second-order valence-electron chi connectivity index (χ2n) is 8.23. The minimum Gasteiger partial charge on any atom is -0.469 e. The van der Waals surface area contributed by atoms with E-state index in [0.29, 0.717) is 17.7 Å². The third-order valence-corrected chi connectivity index (χ3v) is 6.09. The number of methoxy groups -OCH3 is 1. The summed E-state index contributed by atoms with van der Waals surface area (Å²) in [6.07, 6.45) is -3.43. The Morgan fingerprint density at radius 3 is 2.48 bits per heavy atom. The van der Waals surface area contributed by atoms with Gasteiger partial charge >= 0.3 is 12.1 Å². The number of halogens is 3. The molecule has 0 fully saturated rings. The highest BCUT2D eigenvalue weighted by Crippen LogP contribution is 2.32. The summed E-state index contributed by atoms with van der Waals surface area (Å²) >= 11 is 0. The lowest BCUT2D eigenvalue weighted by molar-refractivity contribution is -0.142. The number of carbonyl (C=O) groups is 1. The van der Waals surface area contributed by atoms with E-state index < -0.39 is 43.1 Å². The van der Waals surface area contributed by atoms with E-state index in [-0.39, 0.29) is 26.4 Å². The van der Waals surface area contributed by atoms with Crippen molar-refractivity contribution in [2.45, 2.75) is 64.4 Å². The lowest BCUT2D eigenvalue weighted by atomic mass is 10.2. The van der Waals surface area contributed by atoms with Gasteiger partial charge in [0.15, 0.2) is 0 Å². The maximum atomic E-state index is 13.6. The van der Waals surface area contributed by atoms with E-state index in [0.717, 1.165) is 12.2 Å². The Hall–Kier alpha value is -1.92. The van der Waals surface area contributed by atoms with Crippen molar-refractivity contribution in [3.63, 3.8) is 0 Å². The van der Waals surface area contributed by atoms with Crippen molar-refractivity contribution in [3.8, 4) is 0 Å². The van der Waals surface area contributed by atoms with Crippen LogP contribution in [0, 0.1) is 0 Å². The first-order chi connectivity index (χ1) is 14.4. The molecule has 0 aliphatic carbocycles. The van der Waals surface area contributed by atoms with Crippen LogP contribution < -0.4 is 10.9 Å². The first-order valence-corrected chi connectivity index (χ1v) is 13.8. The fraction of sp³-hybridized carbons (Fsp3) is 0.737. The Morgan fingerprint density at radius 2 is 1.94 bits per heavy atom. The normalized spacial score (nSPS) is 13.2. The zero-order valence-corrected chi connectivity index (χ0v) is 19.7. The van der Waals surface area contributed by atoms with Crippen molar-refractivity contribution in [3.05, 3.63) is 22.1 Å². The molecule has 1 heterocycles. The van der Waals surface area contributed by atoms with Gasteiger partial charge in [0, 0.05) is 20.7 Å². The molecule has 1 unspecified atom stereocenters. The van der Waals surface area contributed by atoms with Gasteiger partial charge < -0.3 is 19.5 Å². The third-order valence-electron chi connectivity index (χ3n) is 4.39. The molecule has 178 valence electrons. The molecule has 0 amide bonds. The zero-order chi connectivity index (χ0) is 23.7. The number of esters is 1. The predicted molar refractivity (Wildman–Crippen MR) is 113 cm³/mol. The fourth-order valence-corrected chi connectivity index (χ4v) is 3.21. The maximum Gasteiger partial charge on any atom is 0.423 e. The Bertz CT molecular complexity index is 766. The number of hydrogen-bond acceptors (Lipinski definition) is 7. The van der Waals surface area contributed by atoms with Crippen molar-refractivity contribution in [1.29, 1.82) is 0 Å². The summed E-state index contributed by atoms with van der Waals surface area (Å²) in [4.78, 5) is 23.5. The maximum absolute atomic E-state index is 13.6. The molecule has 8 nitrogen and oxygen atoms in total. The van der Waals surface area contributed by atoms with Crippen LogP contribution in [-0.4, -0.2) is 56.8 Å². The lowest BCUT2D eigenvalue weighted by Gasteiger charge is -2.21. The first kappa shape index (κ1) is 27.1. The quantitative estimate of drug-likeness (QED) is 0.270. The summed E-state index contributed by atoms with van der Waals surface area (Å²) < 4.78 is 56.7. The van der Waals surface area contributed by atoms with E-state index in [2.05, 4.69) is 34.8 Å². The average Bonchev–Trinajstić information content (AvgIpc) is 2.66. The van der Waals surface area contributed by atoms with Gasteiger partial charge in [-0.2, -0.15) is 18.3 Å². The molecular formula is C19H32F3N3O5Si. The Morgan fingerprint density at radius 1 is 1.26 bits per heavy atom. The molecule has 0 aromatic carbocycles. The fourth-order valence-electron chi connectivity index (χ4n) is 2.46. The van der Waals surface area contributed by atoms with Crippen LogP contribution in [0.1, 0.15) is 25.3 Å². The minimum atomic E-state index is -4.87. The van der Waals surface area contributed by atoms with E-state index in [9.17, 15) is 22.8 Å². The Balaban J connectivity index is 2.88. The van der Waals surface area contributed by atoms with E-state index in [1.54, 1.807) is 6.92 Å². The van der Waals surface area contributed by atoms with Gasteiger partial charge in [-0.1, -0.05) is 26.6 Å².